The molecule has 6 rings (SSSR count). The van der Waals surface area contributed by atoms with Gasteiger partial charge in [0.2, 0.25) is 0 Å². The van der Waals surface area contributed by atoms with Crippen LogP contribution >= 0.6 is 11.6 Å². The summed E-state index contributed by atoms with van der Waals surface area (Å²) in [5, 5.41) is 4.19. The topological polar surface area (TPSA) is 104 Å². The molecule has 1 N–H and O–H groups in total. The Hall–Kier alpha value is -4.16. The van der Waals surface area contributed by atoms with E-state index in [9.17, 15) is 14.4 Å². The monoisotopic (exact) mass is 675 g/mol. The summed E-state index contributed by atoms with van der Waals surface area (Å²) in [7, 11) is 0. The van der Waals surface area contributed by atoms with Gasteiger partial charge in [0.1, 0.15) is 17.7 Å². The Morgan fingerprint density at radius 2 is 1.67 bits per heavy atom. The number of benzene rings is 3. The SMILES string of the molecule is CC(C)Oc1ccc(C(=O)CN2CCOCC2)cc1N1C(=O)c2ccccc2NC1CN1CCN(C(=O)COc2ccc(Cl)cc2)CC1. The van der Waals surface area contributed by atoms with Crippen molar-refractivity contribution in [2.45, 2.75) is 26.1 Å². The number of Topliss-reactive ketones (excluding diaryl/α,β-unsaturated/α-hetero) is 1. The fourth-order valence-corrected chi connectivity index (χ4v) is 6.32. The minimum Gasteiger partial charge on any atom is -0.489 e. The van der Waals surface area contributed by atoms with Crippen LogP contribution in [0.4, 0.5) is 11.4 Å². The first-order valence-electron chi connectivity index (χ1n) is 16.5. The maximum Gasteiger partial charge on any atom is 0.262 e. The number of rotatable bonds is 11. The molecule has 0 bridgehead atoms. The molecule has 254 valence electrons. The molecule has 3 aliphatic heterocycles. The van der Waals surface area contributed by atoms with Crippen LogP contribution in [0.3, 0.4) is 0 Å². The molecule has 0 saturated carbocycles. The maximum absolute atomic E-state index is 14.3. The molecular formula is C36H42ClN5O6. The molecule has 1 atom stereocenters. The number of ether oxygens (including phenoxy) is 3. The Balaban J connectivity index is 1.20. The maximum atomic E-state index is 14.3. The second kappa shape index (κ2) is 15.4. The summed E-state index contributed by atoms with van der Waals surface area (Å²) < 4.78 is 17.3. The average molecular weight is 676 g/mol. The van der Waals surface area contributed by atoms with E-state index in [0.29, 0.717) is 92.4 Å². The van der Waals surface area contributed by atoms with Gasteiger partial charge in [0.15, 0.2) is 12.4 Å². The molecule has 3 aromatic rings. The number of nitrogens with zero attached hydrogens (tertiary/aromatic N) is 4. The molecular weight excluding hydrogens is 634 g/mol. The van der Waals surface area contributed by atoms with E-state index in [0.717, 1.165) is 5.69 Å². The highest BCUT2D eigenvalue weighted by Gasteiger charge is 2.37. The highest BCUT2D eigenvalue weighted by atomic mass is 35.5. The molecule has 11 nitrogen and oxygen atoms in total. The summed E-state index contributed by atoms with van der Waals surface area (Å²) in [5.41, 5.74) is 2.36. The van der Waals surface area contributed by atoms with Gasteiger partial charge in [-0.05, 0) is 68.4 Å². The third kappa shape index (κ3) is 8.10. The van der Waals surface area contributed by atoms with Gasteiger partial charge in [0.25, 0.3) is 11.8 Å². The number of fused-ring (bicyclic) bond motifs is 1. The summed E-state index contributed by atoms with van der Waals surface area (Å²) in [4.78, 5) is 48.6. The number of ketones is 1. The van der Waals surface area contributed by atoms with Gasteiger partial charge < -0.3 is 24.4 Å². The van der Waals surface area contributed by atoms with Crippen LogP contribution in [0.1, 0.15) is 34.6 Å². The molecule has 3 aliphatic rings. The predicted molar refractivity (Wildman–Crippen MR) is 184 cm³/mol. The molecule has 1 unspecified atom stereocenters. The van der Waals surface area contributed by atoms with Gasteiger partial charge in [-0.3, -0.25) is 29.1 Å². The van der Waals surface area contributed by atoms with Crippen LogP contribution in [0.25, 0.3) is 0 Å². The minimum atomic E-state index is -0.456. The normalized spacial score (nSPS) is 18.8. The quantitative estimate of drug-likeness (QED) is 0.299. The zero-order valence-electron chi connectivity index (χ0n) is 27.4. The number of hydrogen-bond acceptors (Lipinski definition) is 9. The molecule has 2 amide bonds. The van der Waals surface area contributed by atoms with Crippen molar-refractivity contribution in [3.8, 4) is 11.5 Å². The van der Waals surface area contributed by atoms with Crippen molar-refractivity contribution in [2.75, 3.05) is 82.4 Å². The summed E-state index contributed by atoms with van der Waals surface area (Å²) >= 11 is 5.95. The van der Waals surface area contributed by atoms with Crippen molar-refractivity contribution in [3.63, 3.8) is 0 Å². The Labute approximate surface area is 286 Å². The molecule has 48 heavy (non-hydrogen) atoms. The van der Waals surface area contributed by atoms with Crippen LogP contribution in [0.2, 0.25) is 5.02 Å². The molecule has 3 heterocycles. The first-order chi connectivity index (χ1) is 23.2. The predicted octanol–water partition coefficient (Wildman–Crippen LogP) is 4.26. The highest BCUT2D eigenvalue weighted by molar-refractivity contribution is 6.30. The third-order valence-electron chi connectivity index (χ3n) is 8.72. The Kier molecular flexibility index (Phi) is 10.8. The lowest BCUT2D eigenvalue weighted by atomic mass is 10.0. The van der Waals surface area contributed by atoms with E-state index in [1.165, 1.54) is 0 Å². The first kappa shape index (κ1) is 33.7. The van der Waals surface area contributed by atoms with Crippen molar-refractivity contribution in [1.29, 1.82) is 0 Å². The van der Waals surface area contributed by atoms with E-state index in [2.05, 4.69) is 15.1 Å². The largest absolute Gasteiger partial charge is 0.489 e. The number of halogens is 1. The summed E-state index contributed by atoms with van der Waals surface area (Å²) in [6, 6.07) is 19.8. The van der Waals surface area contributed by atoms with Crippen molar-refractivity contribution in [1.82, 2.24) is 14.7 Å². The number of piperazine rings is 1. The number of hydrogen-bond donors (Lipinski definition) is 1. The molecule has 12 heteroatoms. The lowest BCUT2D eigenvalue weighted by molar-refractivity contribution is -0.135. The van der Waals surface area contributed by atoms with Gasteiger partial charge in [-0.1, -0.05) is 23.7 Å². The van der Waals surface area contributed by atoms with Gasteiger partial charge in [-0.2, -0.15) is 0 Å². The number of nitrogens with one attached hydrogen (secondary N) is 1. The summed E-state index contributed by atoms with van der Waals surface area (Å²) in [6.45, 7) is 9.54. The number of morpholine rings is 1. The highest BCUT2D eigenvalue weighted by Crippen LogP contribution is 2.37. The van der Waals surface area contributed by atoms with Crippen LogP contribution in [0, 0.1) is 0 Å². The number of anilines is 2. The van der Waals surface area contributed by atoms with Gasteiger partial charge >= 0.3 is 0 Å². The summed E-state index contributed by atoms with van der Waals surface area (Å²) in [5.74, 6) is 0.842. The van der Waals surface area contributed by atoms with Crippen LogP contribution < -0.4 is 19.7 Å². The number of carbonyl (C=O) groups is 3. The van der Waals surface area contributed by atoms with Crippen LogP contribution in [-0.2, 0) is 9.53 Å². The fourth-order valence-electron chi connectivity index (χ4n) is 6.19. The third-order valence-corrected chi connectivity index (χ3v) is 8.97. The molecule has 2 saturated heterocycles. The molecule has 0 spiro atoms. The van der Waals surface area contributed by atoms with Crippen molar-refractivity contribution >= 4 is 40.6 Å². The van der Waals surface area contributed by atoms with Crippen molar-refractivity contribution < 1.29 is 28.6 Å². The van der Waals surface area contributed by atoms with E-state index in [1.54, 1.807) is 58.3 Å². The fraction of sp³-hybridized carbons (Fsp3) is 0.417. The standard InChI is InChI=1S/C36H42ClN5O6/c1-25(2)48-33-12-7-26(32(43)22-40-17-19-46-20-18-40)21-31(33)42-34(38-30-6-4-3-5-29(30)36(42)45)23-39-13-15-41(16-14-39)35(44)24-47-28-10-8-27(37)9-11-28/h3-12,21,25,34,38H,13-20,22-24H2,1-2H3. The lowest BCUT2D eigenvalue weighted by Crippen LogP contribution is -2.58. The minimum absolute atomic E-state index is 0.0237. The van der Waals surface area contributed by atoms with Gasteiger partial charge in [0, 0.05) is 62.1 Å². The first-order valence-corrected chi connectivity index (χ1v) is 16.8. The second-order valence-electron chi connectivity index (χ2n) is 12.5. The number of amides is 2. The zero-order chi connectivity index (χ0) is 33.6. The Morgan fingerprint density at radius 3 is 2.40 bits per heavy atom. The number of para-hydroxylation sites is 1. The van der Waals surface area contributed by atoms with E-state index in [4.69, 9.17) is 25.8 Å². The molecule has 0 aromatic heterocycles. The van der Waals surface area contributed by atoms with Gasteiger partial charge in [-0.15, -0.1) is 0 Å². The average Bonchev–Trinajstić information content (AvgIpc) is 3.09. The van der Waals surface area contributed by atoms with E-state index < -0.39 is 6.17 Å². The Bertz CT molecular complexity index is 1600. The van der Waals surface area contributed by atoms with E-state index in [-0.39, 0.29) is 36.9 Å². The van der Waals surface area contributed by atoms with Crippen LogP contribution in [0.5, 0.6) is 11.5 Å². The van der Waals surface area contributed by atoms with Crippen molar-refractivity contribution in [3.05, 3.63) is 82.9 Å². The molecule has 2 fully saturated rings. The van der Waals surface area contributed by atoms with Gasteiger partial charge in [-0.25, -0.2) is 0 Å². The van der Waals surface area contributed by atoms with E-state index in [1.807, 2.05) is 32.0 Å². The van der Waals surface area contributed by atoms with Gasteiger partial charge in [0.05, 0.1) is 37.1 Å². The zero-order valence-corrected chi connectivity index (χ0v) is 28.2. The Morgan fingerprint density at radius 1 is 0.938 bits per heavy atom. The lowest BCUT2D eigenvalue weighted by Gasteiger charge is -2.42. The molecule has 0 aliphatic carbocycles. The second-order valence-corrected chi connectivity index (χ2v) is 12.9. The molecule has 3 aromatic carbocycles. The van der Waals surface area contributed by atoms with E-state index >= 15 is 0 Å². The number of carbonyl (C=O) groups excluding carboxylic acids is 3. The van der Waals surface area contributed by atoms with Crippen molar-refractivity contribution in [2.24, 2.45) is 0 Å². The van der Waals surface area contributed by atoms with Crippen LogP contribution in [0.15, 0.2) is 66.7 Å². The molecule has 0 radical (unpaired) electrons. The van der Waals surface area contributed by atoms with Crippen LogP contribution in [-0.4, -0.2) is 117 Å². The smallest absolute Gasteiger partial charge is 0.262 e. The summed E-state index contributed by atoms with van der Waals surface area (Å²) in [6.07, 6.45) is -0.603.